The van der Waals surface area contributed by atoms with Crippen LogP contribution in [0.3, 0.4) is 0 Å². The van der Waals surface area contributed by atoms with E-state index in [0.717, 1.165) is 36.3 Å². The number of nitrogens with zero attached hydrogens (tertiary/aromatic N) is 4. The number of aromatic nitrogens is 1. The van der Waals surface area contributed by atoms with Gasteiger partial charge in [0.1, 0.15) is 23.2 Å². The third kappa shape index (κ3) is 8.13. The van der Waals surface area contributed by atoms with Crippen molar-refractivity contribution in [3.8, 4) is 17.6 Å². The summed E-state index contributed by atoms with van der Waals surface area (Å²) in [5, 5.41) is 4.84. The number of carbonyl (C=O) groups is 3. The molecule has 4 aromatic rings. The molecule has 3 aromatic carbocycles. The summed E-state index contributed by atoms with van der Waals surface area (Å²) in [5.41, 5.74) is 3.61. The van der Waals surface area contributed by atoms with Crippen LogP contribution in [0.1, 0.15) is 65.0 Å². The Labute approximate surface area is 294 Å². The predicted octanol–water partition coefficient (Wildman–Crippen LogP) is 6.08. The smallest absolute Gasteiger partial charge is 0.410 e. The lowest BCUT2D eigenvalue weighted by molar-refractivity contribution is -0.120. The van der Waals surface area contributed by atoms with Gasteiger partial charge in [-0.25, -0.2) is 14.2 Å². The van der Waals surface area contributed by atoms with Crippen LogP contribution < -0.4 is 10.1 Å². The van der Waals surface area contributed by atoms with Crippen LogP contribution in [-0.2, 0) is 22.6 Å². The van der Waals surface area contributed by atoms with E-state index in [4.69, 9.17) is 9.47 Å². The van der Waals surface area contributed by atoms with E-state index in [-0.39, 0.29) is 29.9 Å². The van der Waals surface area contributed by atoms with E-state index >= 15 is 0 Å². The second-order valence-electron chi connectivity index (χ2n) is 13.1. The first-order valence-electron chi connectivity index (χ1n) is 16.3. The molecule has 0 saturated carbocycles. The zero-order valence-electron chi connectivity index (χ0n) is 28.4. The van der Waals surface area contributed by atoms with Gasteiger partial charge in [0.05, 0.1) is 7.11 Å². The van der Waals surface area contributed by atoms with E-state index in [0.29, 0.717) is 29.3 Å². The van der Waals surface area contributed by atoms with E-state index in [2.05, 4.69) is 39.2 Å². The Balaban J connectivity index is 1.12. The fourth-order valence-corrected chi connectivity index (χ4v) is 6.50. The Bertz CT molecular complexity index is 1940. The Morgan fingerprint density at radius 3 is 2.40 bits per heavy atom. The molecule has 0 spiro atoms. The third-order valence-electron chi connectivity index (χ3n) is 8.38. The highest BCUT2D eigenvalue weighted by atomic mass is 32.1. The molecule has 1 saturated heterocycles. The molecule has 12 heteroatoms. The molecule has 1 unspecified atom stereocenters. The number of benzene rings is 3. The summed E-state index contributed by atoms with van der Waals surface area (Å²) in [6, 6.07) is 16.2. The number of amides is 3. The second kappa shape index (κ2) is 14.7. The van der Waals surface area contributed by atoms with E-state index in [1.165, 1.54) is 41.5 Å². The van der Waals surface area contributed by atoms with E-state index < -0.39 is 23.4 Å². The highest BCUT2D eigenvalue weighted by molar-refractivity contribution is 7.13. The monoisotopic (exact) mass is 695 g/mol. The Hall–Kier alpha value is -5.25. The van der Waals surface area contributed by atoms with Crippen LogP contribution in [-0.4, -0.2) is 76.5 Å². The summed E-state index contributed by atoms with van der Waals surface area (Å²) >= 11 is 1.24. The van der Waals surface area contributed by atoms with Crippen LogP contribution in [0.4, 0.5) is 14.3 Å². The molecule has 2 aliphatic heterocycles. The summed E-state index contributed by atoms with van der Waals surface area (Å²) in [5.74, 6) is 5.25. The summed E-state index contributed by atoms with van der Waals surface area (Å²) in [6.45, 7) is 9.31. The number of piperazine rings is 1. The molecule has 3 heterocycles. The fraction of sp³-hybridized carbons (Fsp3) is 0.316. The Morgan fingerprint density at radius 1 is 1.00 bits per heavy atom. The SMILES string of the molecule is COc1ccc(F)cc1C(C(=O)Nc1nccs1)N1Cc2cc(C#Cc3ccc(CN4CCN(C(=O)OC(C)(C)C)CC4)cc3)ccc2C1=O. The van der Waals surface area contributed by atoms with Gasteiger partial charge in [0.15, 0.2) is 5.13 Å². The van der Waals surface area contributed by atoms with Gasteiger partial charge in [-0.1, -0.05) is 24.0 Å². The molecule has 0 aliphatic carbocycles. The molecule has 0 radical (unpaired) electrons. The van der Waals surface area contributed by atoms with Crippen LogP contribution in [0.15, 0.2) is 72.2 Å². The third-order valence-corrected chi connectivity index (χ3v) is 9.07. The van der Waals surface area contributed by atoms with Crippen molar-refractivity contribution in [2.24, 2.45) is 0 Å². The Morgan fingerprint density at radius 2 is 1.72 bits per heavy atom. The van der Waals surface area contributed by atoms with Gasteiger partial charge >= 0.3 is 6.09 Å². The van der Waals surface area contributed by atoms with Crippen molar-refractivity contribution >= 4 is 34.4 Å². The molecule has 50 heavy (non-hydrogen) atoms. The number of methoxy groups -OCH3 is 1. The maximum atomic E-state index is 14.5. The lowest BCUT2D eigenvalue weighted by atomic mass is 10.0. The summed E-state index contributed by atoms with van der Waals surface area (Å²) < 4.78 is 25.4. The number of carbonyl (C=O) groups excluding carboxylic acids is 3. The molecule has 1 fully saturated rings. The molecule has 1 aromatic heterocycles. The highest BCUT2D eigenvalue weighted by Crippen LogP contribution is 2.37. The molecule has 1 N–H and O–H groups in total. The summed E-state index contributed by atoms with van der Waals surface area (Å²) in [6.07, 6.45) is 1.29. The number of hydrogen-bond donors (Lipinski definition) is 1. The quantitative estimate of drug-likeness (QED) is 0.234. The number of hydrogen-bond acceptors (Lipinski definition) is 8. The molecule has 2 aliphatic rings. The first-order valence-corrected chi connectivity index (χ1v) is 17.1. The minimum absolute atomic E-state index is 0.125. The number of fused-ring (bicyclic) bond motifs is 1. The number of thiazole rings is 1. The van der Waals surface area contributed by atoms with Gasteiger partial charge in [0, 0.05) is 73.1 Å². The lowest BCUT2D eigenvalue weighted by Gasteiger charge is -2.35. The second-order valence-corrected chi connectivity index (χ2v) is 14.0. The topological polar surface area (TPSA) is 104 Å². The molecule has 258 valence electrons. The van der Waals surface area contributed by atoms with E-state index in [1.54, 1.807) is 28.6 Å². The van der Waals surface area contributed by atoms with Gasteiger partial charge < -0.3 is 19.3 Å². The average molecular weight is 696 g/mol. The van der Waals surface area contributed by atoms with Crippen molar-refractivity contribution in [2.45, 2.75) is 45.5 Å². The van der Waals surface area contributed by atoms with Gasteiger partial charge in [-0.05, 0) is 80.4 Å². The molecular weight excluding hydrogens is 658 g/mol. The molecule has 6 rings (SSSR count). The van der Waals surface area contributed by atoms with Gasteiger partial charge in [0.25, 0.3) is 11.8 Å². The van der Waals surface area contributed by atoms with Crippen molar-refractivity contribution in [2.75, 3.05) is 38.6 Å². The molecule has 10 nitrogen and oxygen atoms in total. The minimum Gasteiger partial charge on any atom is -0.496 e. The normalized spacial score (nSPS) is 15.2. The van der Waals surface area contributed by atoms with Crippen molar-refractivity contribution in [1.29, 1.82) is 0 Å². The van der Waals surface area contributed by atoms with Crippen molar-refractivity contribution in [3.05, 3.63) is 111 Å². The van der Waals surface area contributed by atoms with Crippen molar-refractivity contribution in [1.82, 2.24) is 19.7 Å². The number of nitrogens with one attached hydrogen (secondary N) is 1. The number of halogens is 1. The fourth-order valence-electron chi connectivity index (χ4n) is 5.97. The largest absolute Gasteiger partial charge is 0.496 e. The van der Waals surface area contributed by atoms with Crippen LogP contribution in [0, 0.1) is 17.7 Å². The first-order chi connectivity index (χ1) is 24.0. The van der Waals surface area contributed by atoms with Crippen LogP contribution >= 0.6 is 11.3 Å². The van der Waals surface area contributed by atoms with Gasteiger partial charge in [-0.15, -0.1) is 11.3 Å². The standard InChI is InChI=1S/C38H38FN5O5S/c1-38(2,3)49-37(47)43-18-16-42(17-19-43)23-27-9-6-25(7-10-27)5-8-26-11-13-30-28(21-26)24-44(35(30)46)33(34(45)41-36-40-15-20-50-36)31-22-29(39)12-14-32(31)48-4/h6-7,9-15,20-22,33H,16-19,23-24H2,1-4H3,(H,40,41,45). The molecular formula is C38H38FN5O5S. The first kappa shape index (κ1) is 34.6. The lowest BCUT2D eigenvalue weighted by Crippen LogP contribution is -2.49. The number of anilines is 1. The van der Waals surface area contributed by atoms with Gasteiger partial charge in [0.2, 0.25) is 0 Å². The summed E-state index contributed by atoms with van der Waals surface area (Å²) in [4.78, 5) is 49.3. The number of ether oxygens (including phenoxy) is 2. The van der Waals surface area contributed by atoms with Crippen molar-refractivity contribution < 1.29 is 28.2 Å². The van der Waals surface area contributed by atoms with Crippen LogP contribution in [0.5, 0.6) is 5.75 Å². The molecule has 1 atom stereocenters. The summed E-state index contributed by atoms with van der Waals surface area (Å²) in [7, 11) is 1.43. The maximum absolute atomic E-state index is 14.5. The molecule has 0 bridgehead atoms. The predicted molar refractivity (Wildman–Crippen MR) is 188 cm³/mol. The minimum atomic E-state index is -1.17. The van der Waals surface area contributed by atoms with E-state index in [9.17, 15) is 18.8 Å². The Kier molecular flexibility index (Phi) is 10.2. The molecule has 3 amide bonds. The van der Waals surface area contributed by atoms with Gasteiger partial charge in [-0.2, -0.15) is 0 Å². The van der Waals surface area contributed by atoms with Crippen LogP contribution in [0.25, 0.3) is 0 Å². The maximum Gasteiger partial charge on any atom is 0.410 e. The van der Waals surface area contributed by atoms with Crippen molar-refractivity contribution in [3.63, 3.8) is 0 Å². The van der Waals surface area contributed by atoms with Crippen LogP contribution in [0.2, 0.25) is 0 Å². The zero-order chi connectivity index (χ0) is 35.4. The zero-order valence-corrected chi connectivity index (χ0v) is 29.2. The average Bonchev–Trinajstić information content (AvgIpc) is 3.71. The highest BCUT2D eigenvalue weighted by Gasteiger charge is 2.39. The van der Waals surface area contributed by atoms with Gasteiger partial charge in [-0.3, -0.25) is 19.8 Å². The number of rotatable bonds is 7. The van der Waals surface area contributed by atoms with E-state index in [1.807, 2.05) is 39.0 Å².